The molecule has 0 aliphatic heterocycles. The van der Waals surface area contributed by atoms with Crippen molar-refractivity contribution >= 4 is 11.7 Å². The van der Waals surface area contributed by atoms with Crippen LogP contribution in [0.5, 0.6) is 0 Å². The summed E-state index contributed by atoms with van der Waals surface area (Å²) in [5, 5.41) is 10.6. The molecule has 2 rings (SSSR count). The van der Waals surface area contributed by atoms with Crippen LogP contribution in [0, 0.1) is 5.92 Å². The summed E-state index contributed by atoms with van der Waals surface area (Å²) in [6, 6.07) is 3.49. The second-order valence-electron chi connectivity index (χ2n) is 4.44. The van der Waals surface area contributed by atoms with Crippen molar-refractivity contribution in [3.05, 3.63) is 17.8 Å². The first-order valence-electron chi connectivity index (χ1n) is 5.82. The molecule has 1 fully saturated rings. The smallest absolute Gasteiger partial charge is 0.272 e. The van der Waals surface area contributed by atoms with Gasteiger partial charge in [-0.3, -0.25) is 4.79 Å². The normalized spacial score (nSPS) is 23.4. The molecule has 6 heteroatoms. The van der Waals surface area contributed by atoms with Crippen molar-refractivity contribution in [3.63, 3.8) is 0 Å². The van der Waals surface area contributed by atoms with Crippen molar-refractivity contribution in [3.8, 4) is 0 Å². The quantitative estimate of drug-likeness (QED) is 0.529. The van der Waals surface area contributed by atoms with E-state index in [0.29, 0.717) is 17.4 Å². The van der Waals surface area contributed by atoms with Crippen LogP contribution in [0.3, 0.4) is 0 Å². The Hall–Kier alpha value is -1.69. The molecular weight excluding hydrogens is 218 g/mol. The Labute approximate surface area is 100.0 Å². The second-order valence-corrected chi connectivity index (χ2v) is 4.44. The van der Waals surface area contributed by atoms with E-state index in [1.54, 1.807) is 12.1 Å². The zero-order valence-corrected chi connectivity index (χ0v) is 9.81. The van der Waals surface area contributed by atoms with Gasteiger partial charge in [0.15, 0.2) is 11.5 Å². The van der Waals surface area contributed by atoms with Gasteiger partial charge < -0.3 is 10.7 Å². The summed E-state index contributed by atoms with van der Waals surface area (Å²) in [7, 11) is 0. The third kappa shape index (κ3) is 2.71. The molecule has 1 aliphatic rings. The van der Waals surface area contributed by atoms with Crippen molar-refractivity contribution in [1.29, 1.82) is 0 Å². The summed E-state index contributed by atoms with van der Waals surface area (Å²) in [6.07, 6.45) is 3.39. The van der Waals surface area contributed by atoms with Gasteiger partial charge >= 0.3 is 0 Å². The van der Waals surface area contributed by atoms with Crippen molar-refractivity contribution in [2.45, 2.75) is 32.2 Å². The predicted molar refractivity (Wildman–Crippen MR) is 64.1 cm³/mol. The minimum absolute atomic E-state index is 0.167. The third-order valence-electron chi connectivity index (χ3n) is 3.22. The van der Waals surface area contributed by atoms with Crippen molar-refractivity contribution in [1.82, 2.24) is 15.5 Å². The Morgan fingerprint density at radius 1 is 1.41 bits per heavy atom. The summed E-state index contributed by atoms with van der Waals surface area (Å²) in [5.74, 6) is 5.99. The largest absolute Gasteiger partial charge is 0.348 e. The lowest BCUT2D eigenvalue weighted by Gasteiger charge is -2.16. The molecule has 92 valence electrons. The van der Waals surface area contributed by atoms with E-state index in [1.165, 1.54) is 12.8 Å². The van der Waals surface area contributed by atoms with Gasteiger partial charge in [0.1, 0.15) is 0 Å². The summed E-state index contributed by atoms with van der Waals surface area (Å²) >= 11 is 0. The number of rotatable bonds is 3. The maximum Gasteiger partial charge on any atom is 0.272 e. The number of hydrogen-bond acceptors (Lipinski definition) is 5. The van der Waals surface area contributed by atoms with Crippen LogP contribution in [-0.4, -0.2) is 22.1 Å². The van der Waals surface area contributed by atoms with Crippen molar-refractivity contribution in [2.24, 2.45) is 11.8 Å². The number of hydrogen-bond donors (Lipinski definition) is 3. The molecule has 1 saturated carbocycles. The van der Waals surface area contributed by atoms with E-state index >= 15 is 0 Å². The van der Waals surface area contributed by atoms with Crippen LogP contribution in [0.4, 0.5) is 5.82 Å². The lowest BCUT2D eigenvalue weighted by atomic mass is 10.1. The van der Waals surface area contributed by atoms with E-state index < -0.39 is 0 Å². The summed E-state index contributed by atoms with van der Waals surface area (Å²) < 4.78 is 0. The molecule has 1 amide bonds. The van der Waals surface area contributed by atoms with E-state index in [9.17, 15) is 4.79 Å². The van der Waals surface area contributed by atoms with Crippen LogP contribution in [-0.2, 0) is 0 Å². The van der Waals surface area contributed by atoms with Gasteiger partial charge in [-0.1, -0.05) is 13.3 Å². The van der Waals surface area contributed by atoms with Gasteiger partial charge in [-0.2, -0.15) is 0 Å². The molecular formula is C11H17N5O. The zero-order valence-electron chi connectivity index (χ0n) is 9.81. The van der Waals surface area contributed by atoms with Gasteiger partial charge in [0.05, 0.1) is 0 Å². The molecule has 1 heterocycles. The summed E-state index contributed by atoms with van der Waals surface area (Å²) in [5.41, 5.74) is 2.69. The van der Waals surface area contributed by atoms with E-state index in [0.717, 1.165) is 6.42 Å². The standard InChI is InChI=1S/C11H17N5O/c1-7-3-2-4-8(7)13-11(17)9-5-6-10(14-12)16-15-9/h5-8H,2-4,12H2,1H3,(H,13,17)(H,14,16). The fourth-order valence-electron chi connectivity index (χ4n) is 2.13. The molecule has 0 bridgehead atoms. The Bertz CT molecular complexity index is 391. The topological polar surface area (TPSA) is 92.9 Å². The Morgan fingerprint density at radius 3 is 2.76 bits per heavy atom. The predicted octanol–water partition coefficient (Wildman–Crippen LogP) is 0.681. The zero-order chi connectivity index (χ0) is 12.3. The molecule has 1 aromatic heterocycles. The van der Waals surface area contributed by atoms with Crippen LogP contribution in [0.15, 0.2) is 12.1 Å². The van der Waals surface area contributed by atoms with Crippen molar-refractivity contribution in [2.75, 3.05) is 5.43 Å². The van der Waals surface area contributed by atoms with E-state index in [-0.39, 0.29) is 11.9 Å². The van der Waals surface area contributed by atoms with Crippen LogP contribution in [0.25, 0.3) is 0 Å². The van der Waals surface area contributed by atoms with Gasteiger partial charge in [0.2, 0.25) is 0 Å². The molecule has 0 saturated heterocycles. The van der Waals surface area contributed by atoms with Gasteiger partial charge in [-0.15, -0.1) is 10.2 Å². The van der Waals surface area contributed by atoms with E-state index in [1.807, 2.05) is 0 Å². The molecule has 0 spiro atoms. The Morgan fingerprint density at radius 2 is 2.24 bits per heavy atom. The average molecular weight is 235 g/mol. The average Bonchev–Trinajstić information content (AvgIpc) is 2.75. The number of nitrogen functional groups attached to an aromatic ring is 1. The highest BCUT2D eigenvalue weighted by Crippen LogP contribution is 2.24. The molecule has 1 aromatic rings. The second kappa shape index (κ2) is 5.09. The Kier molecular flexibility index (Phi) is 3.53. The fourth-order valence-corrected chi connectivity index (χ4v) is 2.13. The number of nitrogens with one attached hydrogen (secondary N) is 2. The number of hydrazine groups is 1. The minimum atomic E-state index is -0.167. The van der Waals surface area contributed by atoms with Gasteiger partial charge in [0.25, 0.3) is 5.91 Å². The maximum atomic E-state index is 11.9. The molecule has 17 heavy (non-hydrogen) atoms. The number of nitrogens with zero attached hydrogens (tertiary/aromatic N) is 2. The molecule has 4 N–H and O–H groups in total. The SMILES string of the molecule is CC1CCCC1NC(=O)c1ccc(NN)nn1. The maximum absolute atomic E-state index is 11.9. The van der Waals surface area contributed by atoms with Crippen LogP contribution < -0.4 is 16.6 Å². The number of nitrogens with two attached hydrogens (primary N) is 1. The number of aromatic nitrogens is 2. The highest BCUT2D eigenvalue weighted by Gasteiger charge is 2.25. The molecule has 0 radical (unpaired) electrons. The van der Waals surface area contributed by atoms with Crippen LogP contribution in [0.1, 0.15) is 36.7 Å². The van der Waals surface area contributed by atoms with Crippen LogP contribution >= 0.6 is 0 Å². The number of anilines is 1. The fraction of sp³-hybridized carbons (Fsp3) is 0.545. The van der Waals surface area contributed by atoms with Gasteiger partial charge in [0, 0.05) is 6.04 Å². The van der Waals surface area contributed by atoms with E-state index in [4.69, 9.17) is 5.84 Å². The number of amides is 1. The van der Waals surface area contributed by atoms with Crippen LogP contribution in [0.2, 0.25) is 0 Å². The minimum Gasteiger partial charge on any atom is -0.348 e. The number of carbonyl (C=O) groups is 1. The molecule has 2 atom stereocenters. The first kappa shape index (κ1) is 11.8. The first-order chi connectivity index (χ1) is 8.20. The molecule has 1 aliphatic carbocycles. The first-order valence-corrected chi connectivity index (χ1v) is 5.82. The number of carbonyl (C=O) groups excluding carboxylic acids is 1. The third-order valence-corrected chi connectivity index (χ3v) is 3.22. The molecule has 2 unspecified atom stereocenters. The highest BCUT2D eigenvalue weighted by atomic mass is 16.2. The van der Waals surface area contributed by atoms with Gasteiger partial charge in [-0.05, 0) is 30.9 Å². The highest BCUT2D eigenvalue weighted by molar-refractivity contribution is 5.92. The summed E-state index contributed by atoms with van der Waals surface area (Å²) in [4.78, 5) is 11.9. The lowest BCUT2D eigenvalue weighted by molar-refractivity contribution is 0.0923. The lowest BCUT2D eigenvalue weighted by Crippen LogP contribution is -2.36. The molecule has 0 aromatic carbocycles. The summed E-state index contributed by atoms with van der Waals surface area (Å²) in [6.45, 7) is 2.16. The van der Waals surface area contributed by atoms with E-state index in [2.05, 4.69) is 27.9 Å². The Balaban J connectivity index is 1.99. The van der Waals surface area contributed by atoms with Gasteiger partial charge in [-0.25, -0.2) is 5.84 Å². The van der Waals surface area contributed by atoms with Crippen molar-refractivity contribution < 1.29 is 4.79 Å². The monoisotopic (exact) mass is 235 g/mol. The molecule has 6 nitrogen and oxygen atoms in total.